The predicted octanol–water partition coefficient (Wildman–Crippen LogP) is 2.53. The molecule has 0 spiro atoms. The Morgan fingerprint density at radius 2 is 2.10 bits per heavy atom. The van der Waals surface area contributed by atoms with Crippen LogP contribution in [0.5, 0.6) is 0 Å². The number of sulfonamides is 1. The Morgan fingerprint density at radius 1 is 1.40 bits per heavy atom. The summed E-state index contributed by atoms with van der Waals surface area (Å²) in [5.74, 6) is -1.93. The molecule has 0 N–H and O–H groups in total. The van der Waals surface area contributed by atoms with Gasteiger partial charge in [-0.15, -0.1) is 0 Å². The molecule has 1 fully saturated rings. The largest absolute Gasteiger partial charge is 0.377 e. The molecule has 20 heavy (non-hydrogen) atoms. The minimum atomic E-state index is -4.03. The van der Waals surface area contributed by atoms with Crippen molar-refractivity contribution in [2.45, 2.75) is 24.3 Å². The van der Waals surface area contributed by atoms with Crippen molar-refractivity contribution in [1.29, 1.82) is 0 Å². The van der Waals surface area contributed by atoms with Gasteiger partial charge in [-0.3, -0.25) is 0 Å². The van der Waals surface area contributed by atoms with Gasteiger partial charge in [0.15, 0.2) is 0 Å². The number of hydrogen-bond donors (Lipinski definition) is 0. The summed E-state index contributed by atoms with van der Waals surface area (Å²) in [5, 5.41) is 0. The minimum Gasteiger partial charge on any atom is -0.377 e. The highest BCUT2D eigenvalue weighted by atomic mass is 79.9. The summed E-state index contributed by atoms with van der Waals surface area (Å²) >= 11 is 2.92. The number of halogens is 3. The highest BCUT2D eigenvalue weighted by molar-refractivity contribution is 9.10. The Kier molecular flexibility index (Phi) is 4.78. The fourth-order valence-electron chi connectivity index (χ4n) is 2.08. The topological polar surface area (TPSA) is 46.6 Å². The third-order valence-electron chi connectivity index (χ3n) is 2.98. The van der Waals surface area contributed by atoms with E-state index in [0.29, 0.717) is 19.1 Å². The van der Waals surface area contributed by atoms with Gasteiger partial charge in [-0.1, -0.05) is 0 Å². The smallest absolute Gasteiger partial charge is 0.247 e. The quantitative estimate of drug-likeness (QED) is 0.804. The maximum atomic E-state index is 13.9. The molecular formula is C12H14BrF2NO3S. The standard InChI is InChI=1S/C12H14BrF2NO3S/c1-8-7-16(3-2-4-19-8)20(17,18)12-10(13)5-9(14)6-11(12)15/h5-6,8H,2-4,7H2,1H3. The van der Waals surface area contributed by atoms with Crippen molar-refractivity contribution < 1.29 is 21.9 Å². The van der Waals surface area contributed by atoms with Crippen LogP contribution in [0.2, 0.25) is 0 Å². The molecule has 8 heteroatoms. The molecule has 0 aromatic heterocycles. The summed E-state index contributed by atoms with van der Waals surface area (Å²) in [4.78, 5) is -0.534. The van der Waals surface area contributed by atoms with Crippen molar-refractivity contribution in [2.75, 3.05) is 19.7 Å². The Labute approximate surface area is 124 Å². The van der Waals surface area contributed by atoms with Crippen LogP contribution in [0, 0.1) is 11.6 Å². The van der Waals surface area contributed by atoms with Crippen LogP contribution < -0.4 is 0 Å². The summed E-state index contributed by atoms with van der Waals surface area (Å²) in [6.45, 7) is 2.60. The Morgan fingerprint density at radius 3 is 2.75 bits per heavy atom. The molecule has 1 aromatic rings. The van der Waals surface area contributed by atoms with Crippen LogP contribution in [0.25, 0.3) is 0 Å². The number of rotatable bonds is 2. The van der Waals surface area contributed by atoms with Crippen LogP contribution in [0.1, 0.15) is 13.3 Å². The SMILES string of the molecule is CC1CN(S(=O)(=O)c2c(F)cc(F)cc2Br)CCCO1. The number of ether oxygens (including phenoxy) is 1. The van der Waals surface area contributed by atoms with Gasteiger partial charge in [0.2, 0.25) is 10.0 Å². The predicted molar refractivity (Wildman–Crippen MR) is 72.8 cm³/mol. The first-order chi connectivity index (χ1) is 9.32. The number of benzene rings is 1. The van der Waals surface area contributed by atoms with Crippen molar-refractivity contribution in [1.82, 2.24) is 4.31 Å². The second-order valence-corrected chi connectivity index (χ2v) is 7.33. The average Bonchev–Trinajstić information content (AvgIpc) is 2.52. The van der Waals surface area contributed by atoms with Gasteiger partial charge in [-0.2, -0.15) is 4.31 Å². The van der Waals surface area contributed by atoms with E-state index in [2.05, 4.69) is 15.9 Å². The molecule has 1 aliphatic heterocycles. The van der Waals surface area contributed by atoms with Gasteiger partial charge >= 0.3 is 0 Å². The monoisotopic (exact) mass is 369 g/mol. The fraction of sp³-hybridized carbons (Fsp3) is 0.500. The van der Waals surface area contributed by atoms with Gasteiger partial charge in [-0.25, -0.2) is 17.2 Å². The first-order valence-electron chi connectivity index (χ1n) is 6.08. The Bertz CT molecular complexity index is 586. The van der Waals surface area contributed by atoms with Gasteiger partial charge in [-0.05, 0) is 35.3 Å². The van der Waals surface area contributed by atoms with Crippen molar-refractivity contribution in [3.63, 3.8) is 0 Å². The van der Waals surface area contributed by atoms with Crippen molar-refractivity contribution >= 4 is 26.0 Å². The van der Waals surface area contributed by atoms with E-state index in [1.165, 1.54) is 4.31 Å². The van der Waals surface area contributed by atoms with Crippen molar-refractivity contribution in [3.05, 3.63) is 28.2 Å². The molecule has 0 bridgehead atoms. The first-order valence-corrected chi connectivity index (χ1v) is 8.32. The summed E-state index contributed by atoms with van der Waals surface area (Å²) in [7, 11) is -4.03. The van der Waals surface area contributed by atoms with E-state index in [-0.39, 0.29) is 23.7 Å². The van der Waals surface area contributed by atoms with Crippen molar-refractivity contribution in [2.24, 2.45) is 0 Å². The molecule has 0 saturated carbocycles. The molecule has 1 unspecified atom stereocenters. The zero-order chi connectivity index (χ0) is 14.9. The number of hydrogen-bond acceptors (Lipinski definition) is 3. The second kappa shape index (κ2) is 6.05. The molecule has 1 saturated heterocycles. The normalized spacial score (nSPS) is 21.7. The van der Waals surface area contributed by atoms with Crippen LogP contribution in [-0.4, -0.2) is 38.5 Å². The second-order valence-electron chi connectivity index (χ2n) is 4.60. The van der Waals surface area contributed by atoms with E-state index in [1.54, 1.807) is 6.92 Å². The molecule has 0 aliphatic carbocycles. The van der Waals surface area contributed by atoms with E-state index in [4.69, 9.17) is 4.74 Å². The van der Waals surface area contributed by atoms with E-state index in [0.717, 1.165) is 6.07 Å². The molecular weight excluding hydrogens is 356 g/mol. The summed E-state index contributed by atoms with van der Waals surface area (Å²) in [6, 6.07) is 1.50. The molecule has 1 atom stereocenters. The minimum absolute atomic E-state index is 0.118. The lowest BCUT2D eigenvalue weighted by molar-refractivity contribution is 0.0751. The van der Waals surface area contributed by atoms with E-state index in [1.807, 2.05) is 0 Å². The zero-order valence-corrected chi connectivity index (χ0v) is 13.2. The van der Waals surface area contributed by atoms with Crippen LogP contribution in [0.3, 0.4) is 0 Å². The van der Waals surface area contributed by atoms with Crippen LogP contribution >= 0.6 is 15.9 Å². The van der Waals surface area contributed by atoms with Crippen LogP contribution in [0.4, 0.5) is 8.78 Å². The molecule has 112 valence electrons. The summed E-state index contributed by atoms with van der Waals surface area (Å²) < 4.78 is 58.4. The lowest BCUT2D eigenvalue weighted by Crippen LogP contribution is -2.36. The zero-order valence-electron chi connectivity index (χ0n) is 10.8. The lowest BCUT2D eigenvalue weighted by Gasteiger charge is -2.22. The fourth-order valence-corrected chi connectivity index (χ4v) is 4.75. The molecule has 4 nitrogen and oxygen atoms in total. The molecule has 1 aromatic carbocycles. The Balaban J connectivity index is 2.44. The summed E-state index contributed by atoms with van der Waals surface area (Å²) in [5.41, 5.74) is 0. The molecule has 2 rings (SSSR count). The van der Waals surface area contributed by atoms with E-state index >= 15 is 0 Å². The maximum Gasteiger partial charge on any atom is 0.247 e. The number of nitrogens with zero attached hydrogens (tertiary/aromatic N) is 1. The highest BCUT2D eigenvalue weighted by Crippen LogP contribution is 2.29. The molecule has 1 aliphatic rings. The van der Waals surface area contributed by atoms with E-state index in [9.17, 15) is 17.2 Å². The molecule has 0 amide bonds. The highest BCUT2D eigenvalue weighted by Gasteiger charge is 2.32. The van der Waals surface area contributed by atoms with Crippen LogP contribution in [-0.2, 0) is 14.8 Å². The van der Waals surface area contributed by atoms with Crippen molar-refractivity contribution in [3.8, 4) is 0 Å². The average molecular weight is 370 g/mol. The van der Waals surface area contributed by atoms with Gasteiger partial charge in [0.1, 0.15) is 16.5 Å². The molecule has 0 radical (unpaired) electrons. The third kappa shape index (κ3) is 3.19. The lowest BCUT2D eigenvalue weighted by atomic mass is 10.3. The summed E-state index contributed by atoms with van der Waals surface area (Å²) in [6.07, 6.45) is 0.263. The Hall–Kier alpha value is -0.570. The van der Waals surface area contributed by atoms with Gasteiger partial charge in [0.25, 0.3) is 0 Å². The van der Waals surface area contributed by atoms with E-state index < -0.39 is 26.6 Å². The van der Waals surface area contributed by atoms with Gasteiger partial charge in [0, 0.05) is 30.2 Å². The maximum absolute atomic E-state index is 13.9. The first kappa shape index (κ1) is 15.8. The van der Waals surface area contributed by atoms with Gasteiger partial charge < -0.3 is 4.74 Å². The third-order valence-corrected chi connectivity index (χ3v) is 5.81. The van der Waals surface area contributed by atoms with Gasteiger partial charge in [0.05, 0.1) is 6.10 Å². The molecule has 1 heterocycles. The van der Waals surface area contributed by atoms with Crippen LogP contribution in [0.15, 0.2) is 21.5 Å².